The summed E-state index contributed by atoms with van der Waals surface area (Å²) in [5.41, 5.74) is 11.8. The van der Waals surface area contributed by atoms with E-state index >= 15 is 0 Å². The maximum atomic E-state index is 4.23. The Morgan fingerprint density at radius 2 is 1.27 bits per heavy atom. The number of nitrogens with zero attached hydrogens (tertiary/aromatic N) is 1. The zero-order valence-corrected chi connectivity index (χ0v) is 28.8. The summed E-state index contributed by atoms with van der Waals surface area (Å²) in [5.74, 6) is 0.269. The number of anilines is 2. The first-order chi connectivity index (χ1) is 25.3. The highest BCUT2D eigenvalue weighted by molar-refractivity contribution is 7.23. The highest BCUT2D eigenvalue weighted by Gasteiger charge is 2.40. The minimum absolute atomic E-state index is 0.0209. The summed E-state index contributed by atoms with van der Waals surface area (Å²) in [5, 5.41) is 16.2. The summed E-state index contributed by atoms with van der Waals surface area (Å²) >= 11 is 1.87. The maximum absolute atomic E-state index is 4.23. The molecular weight excluding hydrogens is 639 g/mol. The quantitative estimate of drug-likeness (QED) is 0.195. The zero-order chi connectivity index (χ0) is 33.5. The number of hydrogen-bond acceptors (Lipinski definition) is 3. The van der Waals surface area contributed by atoms with Crippen LogP contribution in [0.15, 0.2) is 158 Å². The first-order valence-corrected chi connectivity index (χ1v) is 18.8. The average Bonchev–Trinajstić information content (AvgIpc) is 3.68. The standard InChI is InChI=1S/C47H35N3S/c1-2-15-32(16-3-1)50-40-22-10-8-19-36(40)43-38(21-12-23-41(43)50)45-44(49-47-46(48-45)37-20-9-11-24-42(37)51-47)35-26-25-31-27-29-13-4-5-14-30(29)28-39(31)34-18-7-6-17-33(34)35/h1-24,27-28,35,44-45,48-49H,25-26H2/t35?,44-,45?/m0/s1. The number of benzene rings is 7. The van der Waals surface area contributed by atoms with Gasteiger partial charge in [-0.2, -0.15) is 0 Å². The SMILES string of the molecule is c1ccc(-n2c3ccccc3c3c(C4Nc5c(sc6ccccc56)N[C@H]4C4CCc5cc6ccccc6cc5-c5ccccc54)cccc32)cc1. The van der Waals surface area contributed by atoms with Gasteiger partial charge in [0.05, 0.1) is 28.8 Å². The number of nitrogens with one attached hydrogen (secondary N) is 2. The van der Waals surface area contributed by atoms with Crippen LogP contribution in [0.3, 0.4) is 0 Å². The van der Waals surface area contributed by atoms with Crippen LogP contribution in [0.4, 0.5) is 10.7 Å². The van der Waals surface area contributed by atoms with Gasteiger partial charge >= 0.3 is 0 Å². The Balaban J connectivity index is 1.14. The molecule has 7 aromatic carbocycles. The van der Waals surface area contributed by atoms with Crippen LogP contribution in [0, 0.1) is 0 Å². The number of aromatic nitrogens is 1. The van der Waals surface area contributed by atoms with E-state index in [0.29, 0.717) is 0 Å². The van der Waals surface area contributed by atoms with Gasteiger partial charge in [-0.3, -0.25) is 0 Å². The number of hydrogen-bond donors (Lipinski definition) is 2. The first kappa shape index (κ1) is 28.9. The third kappa shape index (κ3) is 4.43. The molecule has 0 saturated heterocycles. The Labute approximate surface area is 300 Å². The second-order valence-corrected chi connectivity index (χ2v) is 15.2. The van der Waals surface area contributed by atoms with E-state index in [9.17, 15) is 0 Å². The molecule has 1 aliphatic carbocycles. The van der Waals surface area contributed by atoms with E-state index in [1.165, 1.54) is 86.9 Å². The van der Waals surface area contributed by atoms with Gasteiger partial charge < -0.3 is 15.2 Å². The van der Waals surface area contributed by atoms with Crippen LogP contribution in [0.5, 0.6) is 0 Å². The zero-order valence-electron chi connectivity index (χ0n) is 28.0. The minimum atomic E-state index is 0.0209. The molecule has 0 saturated carbocycles. The van der Waals surface area contributed by atoms with E-state index in [0.717, 1.165) is 12.8 Å². The van der Waals surface area contributed by atoms with E-state index in [1.54, 1.807) is 0 Å². The molecule has 2 aliphatic rings. The lowest BCUT2D eigenvalue weighted by atomic mass is 9.79. The van der Waals surface area contributed by atoms with Gasteiger partial charge in [0.1, 0.15) is 5.00 Å². The normalized spacial score (nSPS) is 18.2. The summed E-state index contributed by atoms with van der Waals surface area (Å²) in [6.07, 6.45) is 2.08. The monoisotopic (exact) mass is 673 g/mol. The molecule has 0 amide bonds. The summed E-state index contributed by atoms with van der Waals surface area (Å²) in [6.45, 7) is 0. The molecular formula is C47H35N3S. The van der Waals surface area contributed by atoms with Gasteiger partial charge in [-0.1, -0.05) is 121 Å². The summed E-state index contributed by atoms with van der Waals surface area (Å²) in [6, 6.07) is 58.5. The fraction of sp³-hybridized carbons (Fsp3) is 0.106. The number of para-hydroxylation sites is 2. The number of thiophene rings is 1. The van der Waals surface area contributed by atoms with Crippen molar-refractivity contribution in [2.24, 2.45) is 0 Å². The lowest BCUT2D eigenvalue weighted by molar-refractivity contribution is 0.478. The second-order valence-electron chi connectivity index (χ2n) is 14.1. The third-order valence-electron chi connectivity index (χ3n) is 11.4. The highest BCUT2D eigenvalue weighted by Crippen LogP contribution is 2.52. The third-order valence-corrected chi connectivity index (χ3v) is 12.5. The van der Waals surface area contributed by atoms with Crippen LogP contribution in [0.1, 0.15) is 35.1 Å². The van der Waals surface area contributed by atoms with Crippen molar-refractivity contribution >= 4 is 64.7 Å². The molecule has 2 N–H and O–H groups in total. The molecule has 2 unspecified atom stereocenters. The number of aryl methyl sites for hydroxylation is 1. The molecule has 244 valence electrons. The highest BCUT2D eigenvalue weighted by atomic mass is 32.1. The lowest BCUT2D eigenvalue weighted by Gasteiger charge is -2.40. The van der Waals surface area contributed by atoms with Crippen molar-refractivity contribution in [2.75, 3.05) is 10.6 Å². The van der Waals surface area contributed by atoms with Crippen molar-refractivity contribution in [3.8, 4) is 16.8 Å². The molecule has 2 aromatic heterocycles. The smallest absolute Gasteiger partial charge is 0.113 e. The van der Waals surface area contributed by atoms with Gasteiger partial charge in [-0.05, 0) is 87.8 Å². The number of fused-ring (bicyclic) bond motifs is 10. The van der Waals surface area contributed by atoms with E-state index in [1.807, 2.05) is 11.3 Å². The Morgan fingerprint density at radius 1 is 0.569 bits per heavy atom. The van der Waals surface area contributed by atoms with E-state index < -0.39 is 0 Å². The van der Waals surface area contributed by atoms with Crippen LogP contribution in [0.2, 0.25) is 0 Å². The van der Waals surface area contributed by atoms with Gasteiger partial charge in [0.25, 0.3) is 0 Å². The van der Waals surface area contributed by atoms with Gasteiger partial charge in [0.15, 0.2) is 0 Å². The van der Waals surface area contributed by atoms with Gasteiger partial charge in [-0.15, -0.1) is 11.3 Å². The van der Waals surface area contributed by atoms with E-state index in [-0.39, 0.29) is 18.0 Å². The summed E-state index contributed by atoms with van der Waals surface area (Å²) in [4.78, 5) is 0. The topological polar surface area (TPSA) is 29.0 Å². The second kappa shape index (κ2) is 11.3. The van der Waals surface area contributed by atoms with Crippen LogP contribution < -0.4 is 10.6 Å². The van der Waals surface area contributed by atoms with Gasteiger partial charge in [0.2, 0.25) is 0 Å². The van der Waals surface area contributed by atoms with Gasteiger partial charge in [-0.25, -0.2) is 0 Å². The molecule has 51 heavy (non-hydrogen) atoms. The van der Waals surface area contributed by atoms with Crippen LogP contribution in [0.25, 0.3) is 59.5 Å². The Kier molecular flexibility index (Phi) is 6.44. The summed E-state index contributed by atoms with van der Waals surface area (Å²) in [7, 11) is 0. The molecule has 1 aliphatic heterocycles. The molecule has 9 aromatic rings. The maximum Gasteiger partial charge on any atom is 0.113 e. The first-order valence-electron chi connectivity index (χ1n) is 18.0. The molecule has 11 rings (SSSR count). The average molecular weight is 674 g/mol. The largest absolute Gasteiger partial charge is 0.373 e. The Hall–Kier alpha value is -5.84. The van der Waals surface area contributed by atoms with Gasteiger partial charge in [0, 0.05) is 32.5 Å². The molecule has 0 fully saturated rings. The van der Waals surface area contributed by atoms with Crippen molar-refractivity contribution in [2.45, 2.75) is 30.8 Å². The van der Waals surface area contributed by atoms with Crippen molar-refractivity contribution < 1.29 is 0 Å². The van der Waals surface area contributed by atoms with Crippen LogP contribution in [-0.4, -0.2) is 10.6 Å². The van der Waals surface area contributed by atoms with Crippen molar-refractivity contribution in [3.05, 3.63) is 174 Å². The minimum Gasteiger partial charge on any atom is -0.373 e. The summed E-state index contributed by atoms with van der Waals surface area (Å²) < 4.78 is 3.74. The molecule has 4 heteroatoms. The number of rotatable bonds is 3. The van der Waals surface area contributed by atoms with Crippen LogP contribution in [-0.2, 0) is 6.42 Å². The van der Waals surface area contributed by atoms with Crippen molar-refractivity contribution in [1.29, 1.82) is 0 Å². The van der Waals surface area contributed by atoms with Crippen molar-refractivity contribution in [1.82, 2.24) is 4.57 Å². The molecule has 0 bridgehead atoms. The fourth-order valence-electron chi connectivity index (χ4n) is 9.19. The predicted octanol–water partition coefficient (Wildman–Crippen LogP) is 12.5. The molecule has 3 nitrogen and oxygen atoms in total. The molecule has 0 radical (unpaired) electrons. The predicted molar refractivity (Wildman–Crippen MR) is 217 cm³/mol. The van der Waals surface area contributed by atoms with Crippen LogP contribution >= 0.6 is 11.3 Å². The van der Waals surface area contributed by atoms with E-state index in [2.05, 4.69) is 173 Å². The lowest BCUT2D eigenvalue weighted by Crippen LogP contribution is -2.41. The van der Waals surface area contributed by atoms with E-state index in [4.69, 9.17) is 0 Å². The molecule has 3 atom stereocenters. The Morgan fingerprint density at radius 3 is 2.18 bits per heavy atom. The van der Waals surface area contributed by atoms with Crippen molar-refractivity contribution in [3.63, 3.8) is 0 Å². The molecule has 3 heterocycles. The molecule has 0 spiro atoms. The fourth-order valence-corrected chi connectivity index (χ4v) is 10.3. The Bertz CT molecular complexity index is 2790.